The highest BCUT2D eigenvalue weighted by molar-refractivity contribution is 5.74. The SMILES string of the molecule is CC(C)[C@@H]1C(=O)OC[C@H]1CCF. The van der Waals surface area contributed by atoms with Crippen molar-refractivity contribution in [2.75, 3.05) is 13.3 Å². The molecule has 1 aliphatic rings. The number of halogens is 1. The van der Waals surface area contributed by atoms with E-state index in [0.29, 0.717) is 13.0 Å². The zero-order valence-corrected chi connectivity index (χ0v) is 7.55. The molecular weight excluding hydrogens is 159 g/mol. The van der Waals surface area contributed by atoms with E-state index in [1.54, 1.807) is 0 Å². The van der Waals surface area contributed by atoms with Gasteiger partial charge < -0.3 is 4.74 Å². The van der Waals surface area contributed by atoms with Crippen molar-refractivity contribution in [1.29, 1.82) is 0 Å². The van der Waals surface area contributed by atoms with Gasteiger partial charge in [0.1, 0.15) is 0 Å². The molecule has 1 aliphatic heterocycles. The van der Waals surface area contributed by atoms with Crippen molar-refractivity contribution >= 4 is 5.97 Å². The van der Waals surface area contributed by atoms with E-state index in [1.807, 2.05) is 13.8 Å². The van der Waals surface area contributed by atoms with E-state index in [1.165, 1.54) is 0 Å². The molecule has 2 atom stereocenters. The molecule has 1 saturated heterocycles. The summed E-state index contributed by atoms with van der Waals surface area (Å²) in [6.07, 6.45) is 0.453. The highest BCUT2D eigenvalue weighted by atomic mass is 19.1. The molecule has 0 aromatic heterocycles. The Morgan fingerprint density at radius 2 is 2.33 bits per heavy atom. The number of carbonyl (C=O) groups is 1. The summed E-state index contributed by atoms with van der Waals surface area (Å²) in [7, 11) is 0. The first-order valence-electron chi connectivity index (χ1n) is 4.39. The molecule has 0 N–H and O–H groups in total. The molecule has 70 valence electrons. The van der Waals surface area contributed by atoms with Gasteiger partial charge in [0.2, 0.25) is 0 Å². The van der Waals surface area contributed by atoms with Crippen LogP contribution in [0.2, 0.25) is 0 Å². The normalized spacial score (nSPS) is 29.5. The van der Waals surface area contributed by atoms with Gasteiger partial charge in [0.15, 0.2) is 0 Å². The fourth-order valence-corrected chi connectivity index (χ4v) is 1.80. The summed E-state index contributed by atoms with van der Waals surface area (Å²) in [5, 5.41) is 0. The third-order valence-corrected chi connectivity index (χ3v) is 2.42. The van der Waals surface area contributed by atoms with E-state index in [2.05, 4.69) is 0 Å². The predicted molar refractivity (Wildman–Crippen MR) is 43.4 cm³/mol. The zero-order valence-electron chi connectivity index (χ0n) is 7.55. The monoisotopic (exact) mass is 174 g/mol. The van der Waals surface area contributed by atoms with Crippen LogP contribution in [0.15, 0.2) is 0 Å². The lowest BCUT2D eigenvalue weighted by molar-refractivity contribution is -0.142. The van der Waals surface area contributed by atoms with Crippen molar-refractivity contribution in [3.8, 4) is 0 Å². The van der Waals surface area contributed by atoms with E-state index in [-0.39, 0.29) is 30.4 Å². The summed E-state index contributed by atoms with van der Waals surface area (Å²) in [5.41, 5.74) is 0. The van der Waals surface area contributed by atoms with E-state index < -0.39 is 0 Å². The molecule has 0 aliphatic carbocycles. The van der Waals surface area contributed by atoms with Crippen LogP contribution < -0.4 is 0 Å². The number of ether oxygens (including phenoxy) is 1. The van der Waals surface area contributed by atoms with Crippen molar-refractivity contribution in [2.24, 2.45) is 17.8 Å². The smallest absolute Gasteiger partial charge is 0.309 e. The number of rotatable bonds is 3. The molecule has 1 fully saturated rings. The molecule has 0 radical (unpaired) electrons. The zero-order chi connectivity index (χ0) is 9.14. The van der Waals surface area contributed by atoms with Crippen LogP contribution >= 0.6 is 0 Å². The maximum Gasteiger partial charge on any atom is 0.309 e. The molecule has 0 spiro atoms. The van der Waals surface area contributed by atoms with Gasteiger partial charge in [0, 0.05) is 5.92 Å². The minimum absolute atomic E-state index is 0.0826. The Labute approximate surface area is 72.1 Å². The van der Waals surface area contributed by atoms with Gasteiger partial charge in [0.05, 0.1) is 19.2 Å². The first kappa shape index (κ1) is 9.49. The Hall–Kier alpha value is -0.600. The largest absolute Gasteiger partial charge is 0.465 e. The lowest BCUT2D eigenvalue weighted by atomic mass is 9.84. The number of cyclic esters (lactones) is 1. The minimum Gasteiger partial charge on any atom is -0.465 e. The van der Waals surface area contributed by atoms with Gasteiger partial charge in [-0.3, -0.25) is 9.18 Å². The molecule has 0 aromatic carbocycles. The molecule has 0 bridgehead atoms. The molecule has 1 heterocycles. The van der Waals surface area contributed by atoms with Crippen molar-refractivity contribution in [2.45, 2.75) is 20.3 Å². The summed E-state index contributed by atoms with van der Waals surface area (Å²) < 4.78 is 16.9. The van der Waals surface area contributed by atoms with Gasteiger partial charge >= 0.3 is 5.97 Å². The highest BCUT2D eigenvalue weighted by Gasteiger charge is 2.38. The molecule has 2 nitrogen and oxygen atoms in total. The fourth-order valence-electron chi connectivity index (χ4n) is 1.80. The van der Waals surface area contributed by atoms with Crippen LogP contribution in [0.1, 0.15) is 20.3 Å². The van der Waals surface area contributed by atoms with Gasteiger partial charge in [0.25, 0.3) is 0 Å². The number of alkyl halides is 1. The van der Waals surface area contributed by atoms with Gasteiger partial charge in [-0.15, -0.1) is 0 Å². The first-order valence-corrected chi connectivity index (χ1v) is 4.39. The highest BCUT2D eigenvalue weighted by Crippen LogP contribution is 2.31. The van der Waals surface area contributed by atoms with E-state index >= 15 is 0 Å². The summed E-state index contributed by atoms with van der Waals surface area (Å²) in [6.45, 7) is 4.00. The molecule has 0 aromatic rings. The van der Waals surface area contributed by atoms with Crippen LogP contribution in [0.4, 0.5) is 4.39 Å². The lowest BCUT2D eigenvalue weighted by Gasteiger charge is -2.16. The molecule has 12 heavy (non-hydrogen) atoms. The Morgan fingerprint density at radius 3 is 2.83 bits per heavy atom. The second-order valence-corrected chi connectivity index (χ2v) is 3.64. The van der Waals surface area contributed by atoms with Crippen LogP contribution in [0.5, 0.6) is 0 Å². The predicted octanol–water partition coefficient (Wildman–Crippen LogP) is 1.79. The van der Waals surface area contributed by atoms with Gasteiger partial charge in [-0.05, 0) is 12.3 Å². The standard InChI is InChI=1S/C9H15FO2/c1-6(2)8-7(3-4-10)5-12-9(8)11/h6-8H,3-5H2,1-2H3/t7-,8+/m1/s1. The van der Waals surface area contributed by atoms with Crippen molar-refractivity contribution < 1.29 is 13.9 Å². The van der Waals surface area contributed by atoms with E-state index in [4.69, 9.17) is 4.74 Å². The van der Waals surface area contributed by atoms with Crippen molar-refractivity contribution in [3.63, 3.8) is 0 Å². The molecule has 0 amide bonds. The average molecular weight is 174 g/mol. The number of hydrogen-bond acceptors (Lipinski definition) is 2. The molecule has 0 unspecified atom stereocenters. The average Bonchev–Trinajstić information content (AvgIpc) is 2.32. The van der Waals surface area contributed by atoms with Crippen LogP contribution in [-0.2, 0) is 9.53 Å². The maximum atomic E-state index is 12.0. The number of carbonyl (C=O) groups excluding carboxylic acids is 1. The molecule has 0 saturated carbocycles. The second-order valence-electron chi connectivity index (χ2n) is 3.64. The van der Waals surface area contributed by atoms with Gasteiger partial charge in [-0.1, -0.05) is 13.8 Å². The molecule has 3 heteroatoms. The Kier molecular flexibility index (Phi) is 3.06. The topological polar surface area (TPSA) is 26.3 Å². The van der Waals surface area contributed by atoms with Crippen molar-refractivity contribution in [1.82, 2.24) is 0 Å². The van der Waals surface area contributed by atoms with Crippen LogP contribution in [0, 0.1) is 17.8 Å². The number of hydrogen-bond donors (Lipinski definition) is 0. The quantitative estimate of drug-likeness (QED) is 0.610. The van der Waals surface area contributed by atoms with Gasteiger partial charge in [-0.25, -0.2) is 0 Å². The van der Waals surface area contributed by atoms with Crippen LogP contribution in [0.25, 0.3) is 0 Å². The summed E-state index contributed by atoms with van der Waals surface area (Å²) in [4.78, 5) is 11.2. The van der Waals surface area contributed by atoms with Crippen LogP contribution in [-0.4, -0.2) is 19.3 Å². The third-order valence-electron chi connectivity index (χ3n) is 2.42. The van der Waals surface area contributed by atoms with Crippen molar-refractivity contribution in [3.05, 3.63) is 0 Å². The fraction of sp³-hybridized carbons (Fsp3) is 0.889. The number of esters is 1. The van der Waals surface area contributed by atoms with E-state index in [0.717, 1.165) is 0 Å². The lowest BCUT2D eigenvalue weighted by Crippen LogP contribution is -2.22. The first-order chi connectivity index (χ1) is 5.66. The maximum absolute atomic E-state index is 12.0. The van der Waals surface area contributed by atoms with Crippen LogP contribution in [0.3, 0.4) is 0 Å². The molecule has 1 rings (SSSR count). The second kappa shape index (κ2) is 3.87. The Bertz CT molecular complexity index is 168. The minimum atomic E-state index is -0.357. The third kappa shape index (κ3) is 1.76. The summed E-state index contributed by atoms with van der Waals surface area (Å²) in [5.74, 6) is 0.128. The Morgan fingerprint density at radius 1 is 1.67 bits per heavy atom. The summed E-state index contributed by atoms with van der Waals surface area (Å²) in [6, 6.07) is 0. The molecular formula is C9H15FO2. The Balaban J connectivity index is 2.57. The summed E-state index contributed by atoms with van der Waals surface area (Å²) >= 11 is 0. The van der Waals surface area contributed by atoms with Gasteiger partial charge in [-0.2, -0.15) is 0 Å². The van der Waals surface area contributed by atoms with E-state index in [9.17, 15) is 9.18 Å².